The molecule has 0 unspecified atom stereocenters. The smallest absolute Gasteiger partial charge is 0.274 e. The monoisotopic (exact) mass is 451 g/mol. The van der Waals surface area contributed by atoms with Gasteiger partial charge in [0.1, 0.15) is 23.0 Å². The third-order valence-corrected chi connectivity index (χ3v) is 6.24. The van der Waals surface area contributed by atoms with E-state index >= 15 is 0 Å². The van der Waals surface area contributed by atoms with Crippen LogP contribution in [0.1, 0.15) is 45.8 Å². The van der Waals surface area contributed by atoms with Crippen LogP contribution in [0.15, 0.2) is 23.1 Å². The third kappa shape index (κ3) is 3.24. The molecule has 4 rings (SSSR count). The second-order valence-electron chi connectivity index (χ2n) is 8.09. The van der Waals surface area contributed by atoms with Gasteiger partial charge in [-0.15, -0.1) is 0 Å². The fourth-order valence-corrected chi connectivity index (χ4v) is 4.27. The van der Waals surface area contributed by atoms with Gasteiger partial charge in [0.2, 0.25) is 5.43 Å². The first-order valence-electron chi connectivity index (χ1n) is 9.82. The highest BCUT2D eigenvalue weighted by Gasteiger charge is 2.50. The number of ether oxygens (including phenoxy) is 1. The summed E-state index contributed by atoms with van der Waals surface area (Å²) in [7, 11) is 1.55. The van der Waals surface area contributed by atoms with E-state index < -0.39 is 63.7 Å². The maximum Gasteiger partial charge on any atom is 0.274 e. The first kappa shape index (κ1) is 21.9. The van der Waals surface area contributed by atoms with Crippen molar-refractivity contribution >= 4 is 11.8 Å². The van der Waals surface area contributed by atoms with Crippen LogP contribution < -0.4 is 10.7 Å². The van der Waals surface area contributed by atoms with E-state index in [0.29, 0.717) is 25.2 Å². The van der Waals surface area contributed by atoms with Gasteiger partial charge in [-0.2, -0.15) is 0 Å². The van der Waals surface area contributed by atoms with Gasteiger partial charge in [0.15, 0.2) is 11.4 Å². The lowest BCUT2D eigenvalue weighted by atomic mass is 9.84. The van der Waals surface area contributed by atoms with E-state index in [9.17, 15) is 32.7 Å². The number of amides is 2. The zero-order chi connectivity index (χ0) is 23.4. The maximum absolute atomic E-state index is 13.8. The summed E-state index contributed by atoms with van der Waals surface area (Å²) in [4.78, 5) is 39.6. The molecule has 1 aromatic carbocycles. The zero-order valence-corrected chi connectivity index (χ0v) is 17.2. The molecule has 0 saturated carbocycles. The van der Waals surface area contributed by atoms with Gasteiger partial charge in [-0.25, -0.2) is 13.2 Å². The summed E-state index contributed by atoms with van der Waals surface area (Å²) < 4.78 is 47.7. The number of pyridine rings is 1. The van der Waals surface area contributed by atoms with Gasteiger partial charge in [0.05, 0.1) is 18.2 Å². The Balaban J connectivity index is 1.72. The topological polar surface area (TPSA) is 101 Å². The number of aromatic hydroxyl groups is 1. The lowest BCUT2D eigenvalue weighted by Gasteiger charge is -2.51. The molecule has 2 aromatic rings. The van der Waals surface area contributed by atoms with Gasteiger partial charge >= 0.3 is 0 Å². The Kier molecular flexibility index (Phi) is 5.24. The number of halogens is 3. The molecule has 1 fully saturated rings. The summed E-state index contributed by atoms with van der Waals surface area (Å²) >= 11 is 0. The molecule has 32 heavy (non-hydrogen) atoms. The molecule has 0 spiro atoms. The molecule has 11 heteroatoms. The predicted molar refractivity (Wildman–Crippen MR) is 105 cm³/mol. The van der Waals surface area contributed by atoms with Crippen LogP contribution in [0.2, 0.25) is 0 Å². The highest BCUT2D eigenvalue weighted by molar-refractivity contribution is 5.99. The fraction of sp³-hybridized carbons (Fsp3) is 0.381. The van der Waals surface area contributed by atoms with Crippen LogP contribution in [0.25, 0.3) is 0 Å². The summed E-state index contributed by atoms with van der Waals surface area (Å²) in [6, 6.07) is 0.551. The minimum absolute atomic E-state index is 0.219. The van der Waals surface area contributed by atoms with Crippen LogP contribution in [0.4, 0.5) is 13.2 Å². The van der Waals surface area contributed by atoms with Crippen LogP contribution in [-0.4, -0.2) is 52.2 Å². The number of hydrogen-bond donors (Lipinski definition) is 2. The molecule has 2 atom stereocenters. The number of hydrogen-bond acceptors (Lipinski definition) is 5. The molecular formula is C21H20F3N3O5. The molecule has 0 radical (unpaired) electrons. The number of aromatic nitrogens is 1. The molecular weight excluding hydrogens is 431 g/mol. The summed E-state index contributed by atoms with van der Waals surface area (Å²) in [5.74, 6) is -6.00. The summed E-state index contributed by atoms with van der Waals surface area (Å²) in [6.45, 7) is 1.73. The van der Waals surface area contributed by atoms with Gasteiger partial charge in [0.25, 0.3) is 11.8 Å². The largest absolute Gasteiger partial charge is 0.503 e. The highest BCUT2D eigenvalue weighted by atomic mass is 19.1. The number of likely N-dealkylation sites (N-methyl/N-ethyl adjacent to an activating group) is 1. The lowest BCUT2D eigenvalue weighted by Crippen LogP contribution is -2.62. The quantitative estimate of drug-likeness (QED) is 0.740. The maximum atomic E-state index is 13.8. The van der Waals surface area contributed by atoms with Gasteiger partial charge in [-0.1, -0.05) is 0 Å². The number of nitrogens with zero attached hydrogens (tertiary/aromatic N) is 2. The Morgan fingerprint density at radius 1 is 1.28 bits per heavy atom. The Labute approximate surface area is 180 Å². The van der Waals surface area contributed by atoms with Crippen LogP contribution in [0.3, 0.4) is 0 Å². The number of fused-ring (bicyclic) bond motifs is 3. The Morgan fingerprint density at radius 2 is 1.94 bits per heavy atom. The van der Waals surface area contributed by atoms with E-state index in [2.05, 4.69) is 5.32 Å². The Morgan fingerprint density at radius 3 is 2.59 bits per heavy atom. The van der Waals surface area contributed by atoms with Crippen molar-refractivity contribution < 1.29 is 32.6 Å². The molecule has 170 valence electrons. The third-order valence-electron chi connectivity index (χ3n) is 6.24. The highest BCUT2D eigenvalue weighted by Crippen LogP contribution is 2.41. The molecule has 0 bridgehead atoms. The average Bonchev–Trinajstić information content (AvgIpc) is 2.73. The van der Waals surface area contributed by atoms with Crippen molar-refractivity contribution in [3.05, 3.63) is 62.8 Å². The van der Waals surface area contributed by atoms with E-state index in [0.717, 1.165) is 0 Å². The van der Waals surface area contributed by atoms with E-state index in [1.807, 2.05) is 0 Å². The number of benzene rings is 1. The van der Waals surface area contributed by atoms with Crippen LogP contribution in [0.5, 0.6) is 5.75 Å². The number of carbonyl (C=O) groups is 2. The van der Waals surface area contributed by atoms with Crippen molar-refractivity contribution in [2.45, 2.75) is 31.5 Å². The van der Waals surface area contributed by atoms with Crippen LogP contribution in [0, 0.1) is 17.5 Å². The van der Waals surface area contributed by atoms with Crippen LogP contribution >= 0.6 is 0 Å². The van der Waals surface area contributed by atoms with Gasteiger partial charge in [0, 0.05) is 44.1 Å². The van der Waals surface area contributed by atoms with Gasteiger partial charge in [-0.05, 0) is 13.3 Å². The molecule has 8 nitrogen and oxygen atoms in total. The zero-order valence-electron chi connectivity index (χ0n) is 17.2. The SMILES string of the molecule is CN1C(=O)c2c(O)c(=O)c(C(=O)NCc3c(F)cc(F)cc3F)cn2[C@H]2CCOC[C@]21C. The van der Waals surface area contributed by atoms with Gasteiger partial charge in [-0.3, -0.25) is 14.4 Å². The summed E-state index contributed by atoms with van der Waals surface area (Å²) in [5, 5.41) is 12.7. The molecule has 2 amide bonds. The van der Waals surface area contributed by atoms with Crippen molar-refractivity contribution in [3.63, 3.8) is 0 Å². The standard InChI is InChI=1S/C21H20F3N3O5/c1-21-9-32-4-3-15(21)27-8-12(17(28)18(29)16(27)20(31)26(21)2)19(30)25-7-11-13(23)5-10(22)6-14(11)24/h5-6,8,15,29H,3-4,7,9H2,1-2H3,(H,25,30)/t15-,21+/m0/s1. The van der Waals surface area contributed by atoms with E-state index in [1.165, 1.54) is 15.7 Å². The lowest BCUT2D eigenvalue weighted by molar-refractivity contribution is -0.0620. The molecule has 1 saturated heterocycles. The van der Waals surface area contributed by atoms with Crippen molar-refractivity contribution in [1.82, 2.24) is 14.8 Å². The first-order chi connectivity index (χ1) is 15.1. The van der Waals surface area contributed by atoms with E-state index in [4.69, 9.17) is 4.74 Å². The van der Waals surface area contributed by atoms with E-state index in [1.54, 1.807) is 14.0 Å². The van der Waals surface area contributed by atoms with Crippen molar-refractivity contribution in [2.75, 3.05) is 20.3 Å². The van der Waals surface area contributed by atoms with Gasteiger partial charge < -0.3 is 24.6 Å². The Hall–Kier alpha value is -3.34. The molecule has 3 heterocycles. The Bertz CT molecular complexity index is 1170. The molecule has 1 aromatic heterocycles. The molecule has 0 aliphatic carbocycles. The number of nitrogens with one attached hydrogen (secondary N) is 1. The minimum atomic E-state index is -1.19. The average molecular weight is 451 g/mol. The normalized spacial score (nSPS) is 22.3. The van der Waals surface area contributed by atoms with Crippen LogP contribution in [-0.2, 0) is 11.3 Å². The minimum Gasteiger partial charge on any atom is -0.503 e. The molecule has 2 aliphatic rings. The fourth-order valence-electron chi connectivity index (χ4n) is 4.27. The molecule has 2 aliphatic heterocycles. The number of rotatable bonds is 3. The van der Waals surface area contributed by atoms with Crippen molar-refractivity contribution in [2.24, 2.45) is 0 Å². The van der Waals surface area contributed by atoms with Crippen molar-refractivity contribution in [3.8, 4) is 5.75 Å². The number of carbonyl (C=O) groups excluding carboxylic acids is 2. The van der Waals surface area contributed by atoms with Crippen molar-refractivity contribution in [1.29, 1.82) is 0 Å². The predicted octanol–water partition coefficient (Wildman–Crippen LogP) is 1.71. The summed E-state index contributed by atoms with van der Waals surface area (Å²) in [5.41, 5.74) is -3.20. The summed E-state index contributed by atoms with van der Waals surface area (Å²) in [6.07, 6.45) is 1.62. The molecule has 2 N–H and O–H groups in total. The second-order valence-corrected chi connectivity index (χ2v) is 8.09. The second kappa shape index (κ2) is 7.66. The van der Waals surface area contributed by atoms with E-state index in [-0.39, 0.29) is 18.3 Å². The first-order valence-corrected chi connectivity index (χ1v) is 9.82.